The van der Waals surface area contributed by atoms with Crippen LogP contribution >= 0.6 is 0 Å². The van der Waals surface area contributed by atoms with Gasteiger partial charge in [-0.25, -0.2) is 0 Å². The molecule has 22 heavy (non-hydrogen) atoms. The van der Waals surface area contributed by atoms with Crippen molar-refractivity contribution in [3.63, 3.8) is 0 Å². The van der Waals surface area contributed by atoms with Crippen LogP contribution in [0.25, 0.3) is 5.57 Å². The van der Waals surface area contributed by atoms with Crippen molar-refractivity contribution in [1.29, 1.82) is 0 Å². The summed E-state index contributed by atoms with van der Waals surface area (Å²) in [6.07, 6.45) is 8.86. The maximum atomic E-state index is 5.38. The van der Waals surface area contributed by atoms with Crippen molar-refractivity contribution in [3.8, 4) is 5.75 Å². The van der Waals surface area contributed by atoms with Crippen molar-refractivity contribution >= 4 is 11.3 Å². The van der Waals surface area contributed by atoms with Crippen molar-refractivity contribution in [3.05, 3.63) is 65.0 Å². The highest BCUT2D eigenvalue weighted by molar-refractivity contribution is 5.86. The zero-order chi connectivity index (χ0) is 14.6. The van der Waals surface area contributed by atoms with Crippen LogP contribution in [0, 0.1) is 0 Å². The first-order chi connectivity index (χ1) is 10.2. The Morgan fingerprint density at radius 1 is 1.27 bits per heavy atom. The number of allylic oxidation sites excluding steroid dienone is 4. The van der Waals surface area contributed by atoms with Crippen LogP contribution in [0.1, 0.15) is 12.5 Å². The monoisotopic (exact) mass is 406 g/mol. The van der Waals surface area contributed by atoms with Gasteiger partial charge in [0, 0.05) is 36.7 Å². The van der Waals surface area contributed by atoms with Crippen LogP contribution in [0.2, 0.25) is 0 Å². The molecule has 0 fully saturated rings. The fourth-order valence-electron chi connectivity index (χ4n) is 3.45. The van der Waals surface area contributed by atoms with Gasteiger partial charge >= 0.3 is 0 Å². The van der Waals surface area contributed by atoms with Crippen LogP contribution in [0.5, 0.6) is 5.75 Å². The molecule has 4 rings (SSSR count). The van der Waals surface area contributed by atoms with Gasteiger partial charge in [-0.1, -0.05) is 0 Å². The van der Waals surface area contributed by atoms with Gasteiger partial charge in [0.05, 0.1) is 7.11 Å². The second-order valence-electron chi connectivity index (χ2n) is 5.86. The molecule has 2 aliphatic heterocycles. The van der Waals surface area contributed by atoms with Crippen LogP contribution in [0.3, 0.4) is 0 Å². The summed E-state index contributed by atoms with van der Waals surface area (Å²) >= 11 is 0. The van der Waals surface area contributed by atoms with Crippen LogP contribution in [-0.4, -0.2) is 25.1 Å². The van der Waals surface area contributed by atoms with E-state index in [-0.39, 0.29) is 24.0 Å². The molecule has 3 nitrogen and oxygen atoms in total. The maximum absolute atomic E-state index is 5.38. The molecule has 2 N–H and O–H groups in total. The van der Waals surface area contributed by atoms with Gasteiger partial charge in [-0.15, -0.1) is 0 Å². The third kappa shape index (κ3) is 2.21. The number of halogens is 1. The lowest BCUT2D eigenvalue weighted by molar-refractivity contribution is -0.581. The molecule has 0 saturated heterocycles. The van der Waals surface area contributed by atoms with Crippen molar-refractivity contribution < 1.29 is 34.0 Å². The fourth-order valence-corrected chi connectivity index (χ4v) is 3.45. The van der Waals surface area contributed by atoms with Crippen molar-refractivity contribution in [2.24, 2.45) is 0 Å². The summed E-state index contributed by atoms with van der Waals surface area (Å²) in [6.45, 7) is 2.25. The topological polar surface area (TPSA) is 29.1 Å². The Hall–Kier alpha value is -1.53. The Labute approximate surface area is 148 Å². The molecule has 1 aliphatic carbocycles. The van der Waals surface area contributed by atoms with Gasteiger partial charge in [-0.05, 0) is 47.9 Å². The molecule has 1 aromatic rings. The molecule has 1 aromatic carbocycles. The van der Waals surface area contributed by atoms with E-state index in [1.807, 2.05) is 6.07 Å². The molecular weight excluding hydrogens is 387 g/mol. The molecule has 0 aromatic heterocycles. The molecule has 1 atom stereocenters. The average molecular weight is 406 g/mol. The number of ether oxygens (including phenoxy) is 1. The molecule has 2 heterocycles. The predicted molar refractivity (Wildman–Crippen MR) is 84.0 cm³/mol. The van der Waals surface area contributed by atoms with E-state index in [0.717, 1.165) is 5.75 Å². The van der Waals surface area contributed by atoms with E-state index in [0.29, 0.717) is 6.04 Å². The summed E-state index contributed by atoms with van der Waals surface area (Å²) in [5, 5.41) is 2.37. The zero-order valence-corrected chi connectivity index (χ0v) is 15.1. The molecular formula is C18H19IN2O. The number of quaternary nitrogens is 1. The Morgan fingerprint density at radius 2 is 2.09 bits per heavy atom. The number of benzene rings is 1. The summed E-state index contributed by atoms with van der Waals surface area (Å²) in [5.74, 6) is 0.922. The molecule has 0 amide bonds. The summed E-state index contributed by atoms with van der Waals surface area (Å²) in [5.41, 5.74) is 8.09. The minimum absolute atomic E-state index is 0. The number of fused-ring (bicyclic) bond motifs is 4. The SMILES string of the molecule is COc1ccc2c(c1)C1=CC3=CN(C)C=CC3=C(C)C1[NH2+]2.[I-]. The van der Waals surface area contributed by atoms with E-state index in [2.05, 4.69) is 60.9 Å². The highest BCUT2D eigenvalue weighted by Gasteiger charge is 2.37. The first-order valence-corrected chi connectivity index (χ1v) is 7.25. The van der Waals surface area contributed by atoms with Gasteiger partial charge in [0.15, 0.2) is 0 Å². The summed E-state index contributed by atoms with van der Waals surface area (Å²) in [4.78, 5) is 2.11. The van der Waals surface area contributed by atoms with E-state index >= 15 is 0 Å². The molecule has 0 bridgehead atoms. The third-order valence-electron chi connectivity index (χ3n) is 4.59. The Kier molecular flexibility index (Phi) is 3.91. The Bertz CT molecular complexity index is 758. The normalized spacial score (nSPS) is 21.4. The lowest BCUT2D eigenvalue weighted by Gasteiger charge is -2.25. The number of nitrogens with zero attached hydrogens (tertiary/aromatic N) is 1. The molecule has 3 aliphatic rings. The summed E-state index contributed by atoms with van der Waals surface area (Å²) < 4.78 is 5.38. The Morgan fingerprint density at radius 3 is 2.86 bits per heavy atom. The minimum Gasteiger partial charge on any atom is -1.00 e. The van der Waals surface area contributed by atoms with Crippen LogP contribution < -0.4 is 34.0 Å². The smallest absolute Gasteiger partial charge is 0.139 e. The van der Waals surface area contributed by atoms with E-state index in [1.165, 1.54) is 33.5 Å². The van der Waals surface area contributed by atoms with E-state index < -0.39 is 0 Å². The predicted octanol–water partition coefficient (Wildman–Crippen LogP) is -0.667. The molecule has 0 radical (unpaired) electrons. The molecule has 114 valence electrons. The number of hydrogen-bond donors (Lipinski definition) is 1. The van der Waals surface area contributed by atoms with E-state index in [9.17, 15) is 0 Å². The molecule has 0 saturated carbocycles. The number of methoxy groups -OCH3 is 1. The second-order valence-corrected chi connectivity index (χ2v) is 5.86. The average Bonchev–Trinajstić information content (AvgIpc) is 2.85. The van der Waals surface area contributed by atoms with Crippen molar-refractivity contribution in [2.45, 2.75) is 13.0 Å². The van der Waals surface area contributed by atoms with Gasteiger partial charge in [0.1, 0.15) is 17.5 Å². The van der Waals surface area contributed by atoms with Crippen LogP contribution in [0.4, 0.5) is 5.69 Å². The van der Waals surface area contributed by atoms with Gasteiger partial charge in [-0.3, -0.25) is 0 Å². The number of hydrogen-bond acceptors (Lipinski definition) is 2. The highest BCUT2D eigenvalue weighted by atomic mass is 127. The van der Waals surface area contributed by atoms with Crippen LogP contribution in [0.15, 0.2) is 59.5 Å². The van der Waals surface area contributed by atoms with Gasteiger partial charge in [-0.2, -0.15) is 0 Å². The molecule has 0 spiro atoms. The first kappa shape index (κ1) is 15.4. The summed E-state index contributed by atoms with van der Waals surface area (Å²) in [6, 6.07) is 6.74. The van der Waals surface area contributed by atoms with Crippen molar-refractivity contribution in [2.75, 3.05) is 14.2 Å². The van der Waals surface area contributed by atoms with Crippen molar-refractivity contribution in [1.82, 2.24) is 4.90 Å². The Balaban J connectivity index is 0.00000144. The third-order valence-corrected chi connectivity index (χ3v) is 4.59. The van der Waals surface area contributed by atoms with E-state index in [4.69, 9.17) is 4.74 Å². The number of nitrogens with two attached hydrogens (primary N) is 1. The van der Waals surface area contributed by atoms with Gasteiger partial charge < -0.3 is 38.9 Å². The largest absolute Gasteiger partial charge is 1.00 e. The van der Waals surface area contributed by atoms with Gasteiger partial charge in [0.2, 0.25) is 0 Å². The maximum Gasteiger partial charge on any atom is 0.139 e. The first-order valence-electron chi connectivity index (χ1n) is 7.25. The fraction of sp³-hybridized carbons (Fsp3) is 0.222. The quantitative estimate of drug-likeness (QED) is 0.496. The second kappa shape index (κ2) is 5.59. The molecule has 4 heteroatoms. The minimum atomic E-state index is 0. The lowest BCUT2D eigenvalue weighted by atomic mass is 9.83. The lowest BCUT2D eigenvalue weighted by Crippen LogP contribution is -3.00. The standard InChI is InChI=1S/C18H18N2O.HI/c1-11-14-6-7-20(2)10-12(14)8-16-15-9-13(21-3)4-5-17(15)19-18(11)16;/h4-10,18-19H,1-3H3;1H. The van der Waals surface area contributed by atoms with Crippen LogP contribution in [-0.2, 0) is 0 Å². The highest BCUT2D eigenvalue weighted by Crippen LogP contribution is 2.40. The molecule has 1 unspecified atom stereocenters. The summed E-state index contributed by atoms with van der Waals surface area (Å²) in [7, 11) is 3.79. The van der Waals surface area contributed by atoms with Gasteiger partial charge in [0.25, 0.3) is 0 Å². The zero-order valence-electron chi connectivity index (χ0n) is 12.9. The number of rotatable bonds is 1. The van der Waals surface area contributed by atoms with E-state index in [1.54, 1.807) is 7.11 Å².